The Kier molecular flexibility index (Phi) is 4.11. The summed E-state index contributed by atoms with van der Waals surface area (Å²) in [6, 6.07) is 1.99. The Balaban J connectivity index is 2.29. The molecule has 5 nitrogen and oxygen atoms in total. The first-order valence-electron chi connectivity index (χ1n) is 5.69. The lowest BCUT2D eigenvalue weighted by Gasteiger charge is -2.08. The minimum absolute atomic E-state index is 0.0906. The first kappa shape index (κ1) is 12.1. The fraction of sp³-hybridized carbons (Fsp3) is 0.455. The molecule has 2 aromatic heterocycles. The van der Waals surface area contributed by atoms with Crippen LogP contribution in [0.25, 0.3) is 10.2 Å². The number of aromatic nitrogens is 2. The average molecular weight is 252 g/mol. The van der Waals surface area contributed by atoms with Gasteiger partial charge in [-0.3, -0.25) is 0 Å². The SMILES string of the molecule is CCCNc1nc(NCCO)c2ccsc2n1. The molecular formula is C11H16N4OS. The van der Waals surface area contributed by atoms with Crippen molar-refractivity contribution < 1.29 is 5.11 Å². The predicted molar refractivity (Wildman–Crippen MR) is 71.8 cm³/mol. The molecular weight excluding hydrogens is 236 g/mol. The Labute approximate surface area is 104 Å². The number of nitrogens with one attached hydrogen (secondary N) is 2. The van der Waals surface area contributed by atoms with Crippen molar-refractivity contribution in [1.29, 1.82) is 0 Å². The third-order valence-corrected chi connectivity index (χ3v) is 3.07. The third kappa shape index (κ3) is 2.83. The molecule has 0 saturated heterocycles. The highest BCUT2D eigenvalue weighted by Gasteiger charge is 2.07. The van der Waals surface area contributed by atoms with Crippen LogP contribution < -0.4 is 10.6 Å². The zero-order valence-electron chi connectivity index (χ0n) is 9.73. The van der Waals surface area contributed by atoms with Crippen molar-refractivity contribution in [2.75, 3.05) is 30.3 Å². The molecule has 0 aliphatic rings. The summed E-state index contributed by atoms with van der Waals surface area (Å²) in [5.41, 5.74) is 0. The van der Waals surface area contributed by atoms with E-state index in [9.17, 15) is 0 Å². The fourth-order valence-electron chi connectivity index (χ4n) is 1.48. The van der Waals surface area contributed by atoms with Gasteiger partial charge in [0.15, 0.2) is 0 Å². The maximum absolute atomic E-state index is 8.84. The quantitative estimate of drug-likeness (QED) is 0.732. The zero-order chi connectivity index (χ0) is 12.1. The van der Waals surface area contributed by atoms with E-state index < -0.39 is 0 Å². The van der Waals surface area contributed by atoms with E-state index in [1.807, 2.05) is 11.4 Å². The second-order valence-electron chi connectivity index (χ2n) is 3.61. The van der Waals surface area contributed by atoms with Crippen LogP contribution in [0.5, 0.6) is 0 Å². The highest BCUT2D eigenvalue weighted by molar-refractivity contribution is 7.16. The van der Waals surface area contributed by atoms with E-state index in [4.69, 9.17) is 5.11 Å². The van der Waals surface area contributed by atoms with Gasteiger partial charge in [-0.05, 0) is 17.9 Å². The second kappa shape index (κ2) is 5.79. The largest absolute Gasteiger partial charge is 0.395 e. The monoisotopic (exact) mass is 252 g/mol. The van der Waals surface area contributed by atoms with Gasteiger partial charge in [-0.25, -0.2) is 4.98 Å². The molecule has 0 aliphatic heterocycles. The van der Waals surface area contributed by atoms with Gasteiger partial charge in [0.2, 0.25) is 5.95 Å². The number of hydrogen-bond donors (Lipinski definition) is 3. The van der Waals surface area contributed by atoms with E-state index in [0.29, 0.717) is 12.5 Å². The van der Waals surface area contributed by atoms with E-state index in [2.05, 4.69) is 27.5 Å². The molecule has 2 rings (SSSR count). The van der Waals surface area contributed by atoms with E-state index in [1.165, 1.54) is 0 Å². The number of nitrogens with zero attached hydrogens (tertiary/aromatic N) is 2. The minimum Gasteiger partial charge on any atom is -0.395 e. The molecule has 0 spiro atoms. The van der Waals surface area contributed by atoms with Crippen LogP contribution in [0.3, 0.4) is 0 Å². The maximum Gasteiger partial charge on any atom is 0.226 e. The maximum atomic E-state index is 8.84. The summed E-state index contributed by atoms with van der Waals surface area (Å²) < 4.78 is 0. The molecule has 3 N–H and O–H groups in total. The summed E-state index contributed by atoms with van der Waals surface area (Å²) in [5, 5.41) is 18.1. The highest BCUT2D eigenvalue weighted by atomic mass is 32.1. The van der Waals surface area contributed by atoms with Crippen LogP contribution in [-0.4, -0.2) is 34.8 Å². The van der Waals surface area contributed by atoms with Gasteiger partial charge in [-0.1, -0.05) is 6.92 Å². The van der Waals surface area contributed by atoms with Gasteiger partial charge in [-0.2, -0.15) is 4.98 Å². The molecule has 6 heteroatoms. The molecule has 17 heavy (non-hydrogen) atoms. The van der Waals surface area contributed by atoms with Crippen LogP contribution in [0.2, 0.25) is 0 Å². The van der Waals surface area contributed by atoms with Crippen LogP contribution in [0, 0.1) is 0 Å². The molecule has 0 unspecified atom stereocenters. The number of thiophene rings is 1. The van der Waals surface area contributed by atoms with E-state index >= 15 is 0 Å². The fourth-order valence-corrected chi connectivity index (χ4v) is 2.24. The number of aliphatic hydroxyl groups is 1. The molecule has 2 aromatic rings. The average Bonchev–Trinajstić information content (AvgIpc) is 2.81. The van der Waals surface area contributed by atoms with Crippen molar-refractivity contribution in [2.24, 2.45) is 0 Å². The van der Waals surface area contributed by atoms with Crippen molar-refractivity contribution >= 4 is 33.3 Å². The number of hydrogen-bond acceptors (Lipinski definition) is 6. The molecule has 0 aliphatic carbocycles. The summed E-state index contributed by atoms with van der Waals surface area (Å²) in [6.07, 6.45) is 1.03. The third-order valence-electron chi connectivity index (χ3n) is 2.26. The number of rotatable bonds is 6. The summed E-state index contributed by atoms with van der Waals surface area (Å²) in [4.78, 5) is 9.80. The van der Waals surface area contributed by atoms with Crippen molar-refractivity contribution in [2.45, 2.75) is 13.3 Å². The summed E-state index contributed by atoms with van der Waals surface area (Å²) in [6.45, 7) is 3.54. The standard InChI is InChI=1S/C11H16N4OS/c1-2-4-13-11-14-9(12-5-6-16)8-3-7-17-10(8)15-11/h3,7,16H,2,4-6H2,1H3,(H2,12,13,14,15). The van der Waals surface area contributed by atoms with Gasteiger partial charge in [0.05, 0.1) is 12.0 Å². The van der Waals surface area contributed by atoms with Gasteiger partial charge >= 0.3 is 0 Å². The number of anilines is 2. The number of aliphatic hydroxyl groups excluding tert-OH is 1. The smallest absolute Gasteiger partial charge is 0.226 e. The molecule has 0 saturated carbocycles. The molecule has 0 amide bonds. The van der Waals surface area contributed by atoms with Crippen molar-refractivity contribution in [3.8, 4) is 0 Å². The van der Waals surface area contributed by atoms with Crippen LogP contribution in [0.15, 0.2) is 11.4 Å². The van der Waals surface area contributed by atoms with Crippen LogP contribution >= 0.6 is 11.3 Å². The summed E-state index contributed by atoms with van der Waals surface area (Å²) in [7, 11) is 0. The molecule has 2 heterocycles. The lowest BCUT2D eigenvalue weighted by atomic mass is 10.4. The van der Waals surface area contributed by atoms with Gasteiger partial charge in [0.25, 0.3) is 0 Å². The molecule has 0 atom stereocenters. The Hall–Kier alpha value is -1.40. The first-order chi connectivity index (χ1) is 8.35. The van der Waals surface area contributed by atoms with E-state index in [-0.39, 0.29) is 6.61 Å². The molecule has 0 fully saturated rings. The van der Waals surface area contributed by atoms with Crippen molar-refractivity contribution in [3.63, 3.8) is 0 Å². The second-order valence-corrected chi connectivity index (χ2v) is 4.51. The Morgan fingerprint density at radius 3 is 2.94 bits per heavy atom. The Morgan fingerprint density at radius 2 is 2.18 bits per heavy atom. The Morgan fingerprint density at radius 1 is 1.29 bits per heavy atom. The lowest BCUT2D eigenvalue weighted by Crippen LogP contribution is -2.10. The van der Waals surface area contributed by atoms with Crippen LogP contribution in [-0.2, 0) is 0 Å². The van der Waals surface area contributed by atoms with Gasteiger partial charge in [-0.15, -0.1) is 11.3 Å². The van der Waals surface area contributed by atoms with Crippen LogP contribution in [0.1, 0.15) is 13.3 Å². The van der Waals surface area contributed by atoms with Crippen molar-refractivity contribution in [1.82, 2.24) is 9.97 Å². The lowest BCUT2D eigenvalue weighted by molar-refractivity contribution is 0.311. The van der Waals surface area contributed by atoms with Crippen LogP contribution in [0.4, 0.5) is 11.8 Å². The summed E-state index contributed by atoms with van der Waals surface area (Å²) in [5.74, 6) is 1.42. The molecule has 0 aromatic carbocycles. The van der Waals surface area contributed by atoms with Crippen molar-refractivity contribution in [3.05, 3.63) is 11.4 Å². The summed E-state index contributed by atoms with van der Waals surface area (Å²) >= 11 is 1.59. The molecule has 92 valence electrons. The van der Waals surface area contributed by atoms with E-state index in [0.717, 1.165) is 29.0 Å². The minimum atomic E-state index is 0.0906. The highest BCUT2D eigenvalue weighted by Crippen LogP contribution is 2.26. The van der Waals surface area contributed by atoms with Gasteiger partial charge in [0, 0.05) is 13.1 Å². The molecule has 0 bridgehead atoms. The predicted octanol–water partition coefficient (Wildman–Crippen LogP) is 1.92. The Bertz CT molecular complexity index is 485. The normalized spacial score (nSPS) is 10.7. The van der Waals surface area contributed by atoms with Gasteiger partial charge in [0.1, 0.15) is 10.6 Å². The number of fused-ring (bicyclic) bond motifs is 1. The molecule has 0 radical (unpaired) electrons. The van der Waals surface area contributed by atoms with E-state index in [1.54, 1.807) is 11.3 Å². The first-order valence-corrected chi connectivity index (χ1v) is 6.57. The topological polar surface area (TPSA) is 70.1 Å². The zero-order valence-corrected chi connectivity index (χ0v) is 10.5. The van der Waals surface area contributed by atoms with Gasteiger partial charge < -0.3 is 15.7 Å².